The normalized spacial score (nSPS) is 25.1. The molecule has 2 atom stereocenters. The van der Waals surface area contributed by atoms with Crippen molar-refractivity contribution in [1.29, 1.82) is 0 Å². The summed E-state index contributed by atoms with van der Waals surface area (Å²) in [5.74, 6) is 0.542. The summed E-state index contributed by atoms with van der Waals surface area (Å²) >= 11 is 0. The molecule has 0 unspecified atom stereocenters. The maximum absolute atomic E-state index is 12.2. The van der Waals surface area contributed by atoms with Crippen LogP contribution in [0.1, 0.15) is 5.56 Å². The SMILES string of the molecule is CN1C[C@@H]2COC[C@H](C1)N(Cc1cccn(C)c1=O)C2.O=CO. The fraction of sp³-hybridized carbons (Fsp3) is 0.625. The molecule has 0 amide bonds. The van der Waals surface area contributed by atoms with Crippen molar-refractivity contribution in [2.45, 2.75) is 12.6 Å². The van der Waals surface area contributed by atoms with Gasteiger partial charge in [-0.3, -0.25) is 14.5 Å². The molecule has 23 heavy (non-hydrogen) atoms. The van der Waals surface area contributed by atoms with Crippen molar-refractivity contribution in [1.82, 2.24) is 14.4 Å². The Labute approximate surface area is 136 Å². The van der Waals surface area contributed by atoms with E-state index in [1.807, 2.05) is 25.4 Å². The molecule has 2 aliphatic heterocycles. The summed E-state index contributed by atoms with van der Waals surface area (Å²) < 4.78 is 7.43. The first kappa shape index (κ1) is 17.7. The number of hydrogen-bond acceptors (Lipinski definition) is 5. The van der Waals surface area contributed by atoms with Crippen molar-refractivity contribution in [2.75, 3.05) is 39.9 Å². The highest BCUT2D eigenvalue weighted by Crippen LogP contribution is 2.20. The van der Waals surface area contributed by atoms with Crippen molar-refractivity contribution < 1.29 is 14.6 Å². The number of aromatic nitrogens is 1. The van der Waals surface area contributed by atoms with E-state index >= 15 is 0 Å². The Bertz CT molecular complexity index is 575. The van der Waals surface area contributed by atoms with Gasteiger partial charge in [0.15, 0.2) is 0 Å². The largest absolute Gasteiger partial charge is 0.483 e. The molecule has 1 N–H and O–H groups in total. The van der Waals surface area contributed by atoms with E-state index in [1.54, 1.807) is 4.57 Å². The van der Waals surface area contributed by atoms with Gasteiger partial charge in [0.2, 0.25) is 0 Å². The summed E-state index contributed by atoms with van der Waals surface area (Å²) in [6.07, 6.45) is 1.81. The molecule has 2 saturated heterocycles. The molecule has 128 valence electrons. The molecular formula is C16H25N3O4. The van der Waals surface area contributed by atoms with Crippen LogP contribution < -0.4 is 5.56 Å². The highest BCUT2D eigenvalue weighted by atomic mass is 16.5. The third-order valence-electron chi connectivity index (χ3n) is 4.34. The van der Waals surface area contributed by atoms with Crippen LogP contribution in [-0.4, -0.2) is 71.9 Å². The lowest BCUT2D eigenvalue weighted by Crippen LogP contribution is -2.43. The maximum Gasteiger partial charge on any atom is 0.290 e. The van der Waals surface area contributed by atoms with Gasteiger partial charge in [-0.1, -0.05) is 6.07 Å². The minimum absolute atomic E-state index is 0.112. The smallest absolute Gasteiger partial charge is 0.290 e. The van der Waals surface area contributed by atoms with E-state index in [-0.39, 0.29) is 12.0 Å². The number of likely N-dealkylation sites (N-methyl/N-ethyl adjacent to an activating group) is 1. The van der Waals surface area contributed by atoms with Crippen molar-refractivity contribution >= 4 is 6.47 Å². The summed E-state index contributed by atoms with van der Waals surface area (Å²) in [6.45, 7) is 5.21. The monoisotopic (exact) mass is 323 g/mol. The van der Waals surface area contributed by atoms with Crippen LogP contribution in [0.5, 0.6) is 0 Å². The Hall–Kier alpha value is -1.70. The van der Waals surface area contributed by atoms with E-state index in [0.717, 1.165) is 45.0 Å². The van der Waals surface area contributed by atoms with Crippen LogP contribution in [0.2, 0.25) is 0 Å². The lowest BCUT2D eigenvalue weighted by Gasteiger charge is -2.29. The highest BCUT2D eigenvalue weighted by molar-refractivity contribution is 5.32. The van der Waals surface area contributed by atoms with E-state index < -0.39 is 0 Å². The summed E-state index contributed by atoms with van der Waals surface area (Å²) in [5.41, 5.74) is 0.991. The molecule has 7 heteroatoms. The number of hydrogen-bond donors (Lipinski definition) is 1. The van der Waals surface area contributed by atoms with Gasteiger partial charge in [0.1, 0.15) is 0 Å². The van der Waals surface area contributed by atoms with Crippen LogP contribution in [0, 0.1) is 5.92 Å². The van der Waals surface area contributed by atoms with E-state index in [0.29, 0.717) is 12.0 Å². The molecule has 1 aromatic heterocycles. The number of ether oxygens (including phenoxy) is 1. The van der Waals surface area contributed by atoms with Crippen molar-refractivity contribution in [3.63, 3.8) is 0 Å². The van der Waals surface area contributed by atoms with Crippen LogP contribution >= 0.6 is 0 Å². The molecule has 3 rings (SSSR count). The number of rotatable bonds is 2. The van der Waals surface area contributed by atoms with Crippen LogP contribution in [-0.2, 0) is 23.1 Å². The quantitative estimate of drug-likeness (QED) is 0.763. The molecule has 0 aliphatic carbocycles. The highest BCUT2D eigenvalue weighted by Gasteiger charge is 2.32. The lowest BCUT2D eigenvalue weighted by molar-refractivity contribution is -0.122. The molecule has 0 saturated carbocycles. The molecule has 2 aliphatic rings. The molecule has 0 radical (unpaired) electrons. The third kappa shape index (κ3) is 4.63. The van der Waals surface area contributed by atoms with Crippen molar-refractivity contribution in [3.8, 4) is 0 Å². The Morgan fingerprint density at radius 1 is 1.30 bits per heavy atom. The molecule has 2 fully saturated rings. The lowest BCUT2D eigenvalue weighted by atomic mass is 10.1. The first-order valence-electron chi connectivity index (χ1n) is 7.77. The average Bonchev–Trinajstić information content (AvgIpc) is 2.74. The zero-order valence-corrected chi connectivity index (χ0v) is 13.7. The minimum Gasteiger partial charge on any atom is -0.483 e. The fourth-order valence-electron chi connectivity index (χ4n) is 3.35. The van der Waals surface area contributed by atoms with Gasteiger partial charge in [-0.15, -0.1) is 0 Å². The third-order valence-corrected chi connectivity index (χ3v) is 4.34. The molecule has 1 aromatic rings. The van der Waals surface area contributed by atoms with Crippen LogP contribution in [0.25, 0.3) is 0 Å². The average molecular weight is 323 g/mol. The van der Waals surface area contributed by atoms with Gasteiger partial charge in [-0.05, 0) is 13.1 Å². The van der Waals surface area contributed by atoms with Gasteiger partial charge >= 0.3 is 0 Å². The predicted molar refractivity (Wildman–Crippen MR) is 86.4 cm³/mol. The van der Waals surface area contributed by atoms with E-state index in [1.165, 1.54) is 0 Å². The Balaban J connectivity index is 0.000000595. The second kappa shape index (κ2) is 8.24. The van der Waals surface area contributed by atoms with Gasteiger partial charge in [0, 0.05) is 56.9 Å². The number of pyridine rings is 1. The number of carbonyl (C=O) groups is 1. The van der Waals surface area contributed by atoms with Gasteiger partial charge in [-0.2, -0.15) is 0 Å². The van der Waals surface area contributed by atoms with E-state index in [2.05, 4.69) is 16.8 Å². The van der Waals surface area contributed by atoms with E-state index in [9.17, 15) is 4.79 Å². The second-order valence-corrected chi connectivity index (χ2v) is 6.26. The maximum atomic E-state index is 12.2. The second-order valence-electron chi connectivity index (χ2n) is 6.26. The van der Waals surface area contributed by atoms with Crippen LogP contribution in [0.4, 0.5) is 0 Å². The number of carboxylic acid groups (broad SMARTS) is 1. The fourth-order valence-corrected chi connectivity index (χ4v) is 3.35. The van der Waals surface area contributed by atoms with Gasteiger partial charge in [-0.25, -0.2) is 0 Å². The first-order valence-corrected chi connectivity index (χ1v) is 7.77. The molecular weight excluding hydrogens is 298 g/mol. The number of aryl methyl sites for hydroxylation is 1. The van der Waals surface area contributed by atoms with Gasteiger partial charge in [0.25, 0.3) is 12.0 Å². The molecule has 7 nitrogen and oxygen atoms in total. The van der Waals surface area contributed by atoms with Crippen molar-refractivity contribution in [2.24, 2.45) is 13.0 Å². The number of nitrogens with zero attached hydrogens (tertiary/aromatic N) is 3. The van der Waals surface area contributed by atoms with Crippen LogP contribution in [0.15, 0.2) is 23.1 Å². The topological polar surface area (TPSA) is 75.0 Å². The zero-order chi connectivity index (χ0) is 16.8. The predicted octanol–water partition coefficient (Wildman–Crippen LogP) is -0.151. The van der Waals surface area contributed by atoms with Gasteiger partial charge < -0.3 is 19.3 Å². The zero-order valence-electron chi connectivity index (χ0n) is 13.7. The molecule has 3 heterocycles. The standard InChI is InChI=1S/C15H23N3O2.CH2O2/c1-16-6-12-7-18(14(9-16)11-20-10-12)8-13-4-3-5-17(2)15(13)19;2-1-3/h3-5,12,14H,6-11H2,1-2H3;1H,(H,2,3)/t12-,14-;/m0./s1. The molecule has 0 aromatic carbocycles. The molecule has 0 spiro atoms. The Morgan fingerprint density at radius 3 is 2.78 bits per heavy atom. The van der Waals surface area contributed by atoms with E-state index in [4.69, 9.17) is 14.6 Å². The summed E-state index contributed by atoms with van der Waals surface area (Å²) in [7, 11) is 3.99. The molecule has 2 bridgehead atoms. The Morgan fingerprint density at radius 2 is 2.04 bits per heavy atom. The number of fused-ring (bicyclic) bond motifs is 3. The minimum atomic E-state index is -0.250. The van der Waals surface area contributed by atoms with Crippen molar-refractivity contribution in [3.05, 3.63) is 34.2 Å². The first-order chi connectivity index (χ1) is 11.0. The van der Waals surface area contributed by atoms with Gasteiger partial charge in [0.05, 0.1) is 13.2 Å². The summed E-state index contributed by atoms with van der Waals surface area (Å²) in [5, 5.41) is 6.89. The van der Waals surface area contributed by atoms with Crippen LogP contribution in [0.3, 0.4) is 0 Å². The Kier molecular flexibility index (Phi) is 6.32. The summed E-state index contributed by atoms with van der Waals surface area (Å²) in [6, 6.07) is 4.28. The summed E-state index contributed by atoms with van der Waals surface area (Å²) in [4.78, 5) is 25.4.